The van der Waals surface area contributed by atoms with Crippen LogP contribution in [0.5, 0.6) is 5.75 Å². The van der Waals surface area contributed by atoms with Crippen LogP contribution in [0.15, 0.2) is 41.6 Å². The lowest BCUT2D eigenvalue weighted by Gasteiger charge is -2.13. The van der Waals surface area contributed by atoms with Crippen molar-refractivity contribution in [1.29, 1.82) is 0 Å². The van der Waals surface area contributed by atoms with E-state index < -0.39 is 0 Å². The number of fused-ring (bicyclic) bond motifs is 1. The van der Waals surface area contributed by atoms with Gasteiger partial charge in [0.25, 0.3) is 0 Å². The summed E-state index contributed by atoms with van der Waals surface area (Å²) in [6.45, 7) is 3.26. The van der Waals surface area contributed by atoms with Crippen molar-refractivity contribution in [1.82, 2.24) is 9.88 Å². The molecule has 138 valence electrons. The normalized spacial score (nSPS) is 19.4. The number of aryl methyl sites for hydroxylation is 1. The van der Waals surface area contributed by atoms with Crippen LogP contribution in [0, 0.1) is 5.82 Å². The number of benzene rings is 1. The Labute approximate surface area is 154 Å². The average molecular weight is 354 g/mol. The number of allylic oxidation sites excluding steroid dienone is 2. The Kier molecular flexibility index (Phi) is 4.86. The molecule has 0 saturated carbocycles. The number of halogens is 1. The molecule has 2 aromatic rings. The molecular formula is C22H27FN2O. The molecule has 0 bridgehead atoms. The third-order valence-electron chi connectivity index (χ3n) is 5.60. The van der Waals surface area contributed by atoms with E-state index in [1.165, 1.54) is 25.3 Å². The van der Waals surface area contributed by atoms with Crippen LogP contribution in [0.2, 0.25) is 0 Å². The van der Waals surface area contributed by atoms with E-state index in [1.54, 1.807) is 11.1 Å². The second-order valence-electron chi connectivity index (χ2n) is 7.35. The predicted octanol–water partition coefficient (Wildman–Crippen LogP) is 4.66. The van der Waals surface area contributed by atoms with Crippen LogP contribution in [-0.2, 0) is 13.5 Å². The average Bonchev–Trinajstić information content (AvgIpc) is 3.18. The third-order valence-corrected chi connectivity index (χ3v) is 5.60. The molecular weight excluding hydrogens is 327 g/mol. The highest BCUT2D eigenvalue weighted by Crippen LogP contribution is 2.35. The third kappa shape index (κ3) is 3.18. The van der Waals surface area contributed by atoms with Crippen LogP contribution in [0.4, 0.5) is 4.39 Å². The van der Waals surface area contributed by atoms with Gasteiger partial charge in [0, 0.05) is 24.7 Å². The first-order valence-corrected chi connectivity index (χ1v) is 9.67. The van der Waals surface area contributed by atoms with Gasteiger partial charge in [0.2, 0.25) is 0 Å². The molecule has 2 aliphatic carbocycles. The highest BCUT2D eigenvalue weighted by Gasteiger charge is 2.23. The van der Waals surface area contributed by atoms with Crippen LogP contribution >= 0.6 is 0 Å². The fourth-order valence-electron chi connectivity index (χ4n) is 4.39. The van der Waals surface area contributed by atoms with Gasteiger partial charge in [0.1, 0.15) is 0 Å². The van der Waals surface area contributed by atoms with Gasteiger partial charge >= 0.3 is 0 Å². The minimum Gasteiger partial charge on any atom is -0.490 e. The molecule has 0 spiro atoms. The molecule has 1 atom stereocenters. The maximum atomic E-state index is 14.3. The maximum Gasteiger partial charge on any atom is 0.165 e. The molecule has 0 fully saturated rings. The number of hydrogen-bond acceptors (Lipinski definition) is 2. The minimum atomic E-state index is -0.279. The number of hydrogen-bond donors (Lipinski definition) is 1. The molecule has 1 heterocycles. The van der Waals surface area contributed by atoms with Gasteiger partial charge in [-0.2, -0.15) is 0 Å². The summed E-state index contributed by atoms with van der Waals surface area (Å²) in [5, 5.41) is 4.63. The van der Waals surface area contributed by atoms with Crippen molar-refractivity contribution < 1.29 is 9.13 Å². The van der Waals surface area contributed by atoms with Crippen LogP contribution < -0.4 is 10.1 Å². The first kappa shape index (κ1) is 17.3. The summed E-state index contributed by atoms with van der Waals surface area (Å²) >= 11 is 0. The highest BCUT2D eigenvalue weighted by molar-refractivity contribution is 5.90. The molecule has 0 radical (unpaired) electrons. The van der Waals surface area contributed by atoms with Crippen molar-refractivity contribution in [2.24, 2.45) is 7.05 Å². The van der Waals surface area contributed by atoms with Crippen molar-refractivity contribution in [2.45, 2.75) is 45.1 Å². The van der Waals surface area contributed by atoms with Crippen LogP contribution in [-0.4, -0.2) is 23.8 Å². The van der Waals surface area contributed by atoms with Crippen molar-refractivity contribution in [2.75, 3.05) is 13.2 Å². The molecule has 4 heteroatoms. The van der Waals surface area contributed by atoms with E-state index in [-0.39, 0.29) is 5.82 Å². The molecule has 4 rings (SSSR count). The summed E-state index contributed by atoms with van der Waals surface area (Å²) in [6, 6.07) is 3.88. The van der Waals surface area contributed by atoms with Gasteiger partial charge in [-0.15, -0.1) is 0 Å². The fourth-order valence-corrected chi connectivity index (χ4v) is 4.39. The molecule has 2 aliphatic rings. The highest BCUT2D eigenvalue weighted by atomic mass is 19.1. The summed E-state index contributed by atoms with van der Waals surface area (Å²) in [5.74, 6) is 0.114. The quantitative estimate of drug-likeness (QED) is 0.817. The van der Waals surface area contributed by atoms with E-state index in [9.17, 15) is 4.39 Å². The first-order chi connectivity index (χ1) is 12.7. The van der Waals surface area contributed by atoms with Crippen molar-refractivity contribution in [3.05, 3.63) is 53.0 Å². The minimum absolute atomic E-state index is 0.279. The Morgan fingerprint density at radius 2 is 2.19 bits per heavy atom. The number of nitrogens with zero attached hydrogens (tertiary/aromatic N) is 1. The Bertz CT molecular complexity index is 878. The first-order valence-electron chi connectivity index (χ1n) is 9.67. The zero-order chi connectivity index (χ0) is 18.1. The number of nitrogens with one attached hydrogen (secondary N) is 1. The monoisotopic (exact) mass is 354 g/mol. The van der Waals surface area contributed by atoms with Gasteiger partial charge in [-0.05, 0) is 68.8 Å². The van der Waals surface area contributed by atoms with E-state index in [1.807, 2.05) is 20.0 Å². The van der Waals surface area contributed by atoms with Crippen molar-refractivity contribution in [3.63, 3.8) is 0 Å². The van der Waals surface area contributed by atoms with Gasteiger partial charge < -0.3 is 14.6 Å². The smallest absolute Gasteiger partial charge is 0.165 e. The number of ether oxygens (including phenoxy) is 1. The Hall–Kier alpha value is -2.07. The summed E-state index contributed by atoms with van der Waals surface area (Å²) < 4.78 is 22.0. The van der Waals surface area contributed by atoms with E-state index in [4.69, 9.17) is 4.74 Å². The second-order valence-corrected chi connectivity index (χ2v) is 7.35. The Balaban J connectivity index is 1.46. The molecule has 26 heavy (non-hydrogen) atoms. The zero-order valence-electron chi connectivity index (χ0n) is 15.6. The zero-order valence-corrected chi connectivity index (χ0v) is 15.6. The molecule has 0 amide bonds. The number of rotatable bonds is 6. The summed E-state index contributed by atoms with van der Waals surface area (Å²) in [4.78, 5) is 0. The molecule has 0 saturated heterocycles. The Morgan fingerprint density at radius 1 is 1.31 bits per heavy atom. The molecule has 0 aliphatic heterocycles. The number of aromatic nitrogens is 1. The predicted molar refractivity (Wildman–Crippen MR) is 104 cm³/mol. The lowest BCUT2D eigenvalue weighted by Crippen LogP contribution is -2.28. The molecule has 1 N–H and O–H groups in total. The van der Waals surface area contributed by atoms with E-state index in [0.717, 1.165) is 35.9 Å². The maximum absolute atomic E-state index is 14.3. The van der Waals surface area contributed by atoms with Crippen LogP contribution in [0.1, 0.15) is 38.2 Å². The topological polar surface area (TPSA) is 26.2 Å². The van der Waals surface area contributed by atoms with Gasteiger partial charge in [-0.3, -0.25) is 0 Å². The molecule has 3 nitrogen and oxygen atoms in total. The van der Waals surface area contributed by atoms with Crippen molar-refractivity contribution in [3.8, 4) is 5.75 Å². The standard InChI is InChI=1S/C22H27FN2O/c1-3-26-22-19(23)8-9-20-21(22)17(14-25(20)2)10-11-24-18-12-15-6-4-5-7-16(15)13-18/h4,6,8-9,14,18,24H,3,5,7,10-13H2,1-2H3. The van der Waals surface area contributed by atoms with Crippen LogP contribution in [0.25, 0.3) is 10.9 Å². The van der Waals surface area contributed by atoms with Crippen LogP contribution in [0.3, 0.4) is 0 Å². The van der Waals surface area contributed by atoms with Gasteiger partial charge in [-0.25, -0.2) is 4.39 Å². The lowest BCUT2D eigenvalue weighted by molar-refractivity contribution is 0.326. The van der Waals surface area contributed by atoms with Gasteiger partial charge in [0.15, 0.2) is 11.6 Å². The summed E-state index contributed by atoms with van der Waals surface area (Å²) in [6.07, 6.45) is 12.3. The van der Waals surface area contributed by atoms with Crippen molar-refractivity contribution >= 4 is 10.9 Å². The SMILES string of the molecule is CCOc1c(F)ccc2c1c(CCNC1CC3=C(CCC=C3)C1)cn2C. The molecule has 1 aromatic carbocycles. The Morgan fingerprint density at radius 3 is 3.00 bits per heavy atom. The van der Waals surface area contributed by atoms with Gasteiger partial charge in [0.05, 0.1) is 12.1 Å². The fraction of sp³-hybridized carbons (Fsp3) is 0.455. The molecule has 1 unspecified atom stereocenters. The van der Waals surface area contributed by atoms with E-state index in [0.29, 0.717) is 18.4 Å². The van der Waals surface area contributed by atoms with E-state index in [2.05, 4.69) is 28.2 Å². The van der Waals surface area contributed by atoms with E-state index >= 15 is 0 Å². The summed E-state index contributed by atoms with van der Waals surface area (Å²) in [5.41, 5.74) is 5.34. The lowest BCUT2D eigenvalue weighted by atomic mass is 10.0. The molecule has 1 aromatic heterocycles. The second kappa shape index (κ2) is 7.28. The van der Waals surface area contributed by atoms with Gasteiger partial charge in [-0.1, -0.05) is 17.7 Å². The largest absolute Gasteiger partial charge is 0.490 e. The summed E-state index contributed by atoms with van der Waals surface area (Å²) in [7, 11) is 2.01.